The molecule has 2 heterocycles. The molecular formula is C21H21BrN2O. The maximum Gasteiger partial charge on any atom is 0.159 e. The highest BCUT2D eigenvalue weighted by Gasteiger charge is 2.22. The molecule has 0 atom stereocenters. The Hall–Kier alpha value is -1.91. The molecule has 25 heavy (non-hydrogen) atoms. The van der Waals surface area contributed by atoms with Gasteiger partial charge in [-0.3, -0.25) is 4.79 Å². The third-order valence-corrected chi connectivity index (χ3v) is 5.60. The number of fused-ring (bicyclic) bond motifs is 3. The Morgan fingerprint density at radius 2 is 1.92 bits per heavy atom. The summed E-state index contributed by atoms with van der Waals surface area (Å²) in [4.78, 5) is 13.9. The predicted molar refractivity (Wildman–Crippen MR) is 105 cm³/mol. The van der Waals surface area contributed by atoms with Crippen molar-refractivity contribution in [3.63, 3.8) is 0 Å². The third-order valence-electron chi connectivity index (χ3n) is 5.11. The summed E-state index contributed by atoms with van der Waals surface area (Å²) in [6, 6.07) is 14.6. The van der Waals surface area contributed by atoms with Crippen LogP contribution in [0, 0.1) is 0 Å². The van der Waals surface area contributed by atoms with Gasteiger partial charge in [0, 0.05) is 52.7 Å². The molecule has 0 saturated carbocycles. The molecule has 2 aromatic carbocycles. The van der Waals surface area contributed by atoms with E-state index in [0.717, 1.165) is 36.1 Å². The summed E-state index contributed by atoms with van der Waals surface area (Å²) < 4.78 is 3.58. The van der Waals surface area contributed by atoms with Crippen molar-refractivity contribution in [2.45, 2.75) is 26.4 Å². The minimum atomic E-state index is 0.114. The van der Waals surface area contributed by atoms with E-state index < -0.39 is 0 Å². The van der Waals surface area contributed by atoms with E-state index in [-0.39, 0.29) is 5.78 Å². The van der Waals surface area contributed by atoms with E-state index in [9.17, 15) is 4.79 Å². The van der Waals surface area contributed by atoms with Gasteiger partial charge in [-0.15, -0.1) is 0 Å². The quantitative estimate of drug-likeness (QED) is 0.602. The first-order valence-electron chi connectivity index (χ1n) is 8.61. The van der Waals surface area contributed by atoms with Gasteiger partial charge in [0.2, 0.25) is 0 Å². The van der Waals surface area contributed by atoms with E-state index in [0.29, 0.717) is 0 Å². The molecule has 3 aromatic rings. The van der Waals surface area contributed by atoms with E-state index in [1.807, 2.05) is 12.1 Å². The van der Waals surface area contributed by atoms with Crippen LogP contribution in [0.1, 0.15) is 34.1 Å². The van der Waals surface area contributed by atoms with Crippen LogP contribution in [0.25, 0.3) is 10.9 Å². The fourth-order valence-electron chi connectivity index (χ4n) is 3.77. The van der Waals surface area contributed by atoms with Crippen molar-refractivity contribution in [1.29, 1.82) is 0 Å². The van der Waals surface area contributed by atoms with E-state index in [1.54, 1.807) is 6.92 Å². The Morgan fingerprint density at radius 1 is 1.16 bits per heavy atom. The van der Waals surface area contributed by atoms with E-state index in [1.165, 1.54) is 27.7 Å². The lowest BCUT2D eigenvalue weighted by atomic mass is 10.0. The van der Waals surface area contributed by atoms with Gasteiger partial charge in [0.1, 0.15) is 0 Å². The summed E-state index contributed by atoms with van der Waals surface area (Å²) in [6.45, 7) is 4.54. The molecule has 1 aliphatic rings. The van der Waals surface area contributed by atoms with Crippen LogP contribution >= 0.6 is 15.9 Å². The highest BCUT2D eigenvalue weighted by Crippen LogP contribution is 2.33. The molecule has 128 valence electrons. The normalized spacial score (nSPS) is 14.7. The molecule has 0 saturated heterocycles. The zero-order valence-corrected chi connectivity index (χ0v) is 16.1. The van der Waals surface area contributed by atoms with E-state index in [4.69, 9.17) is 0 Å². The molecule has 0 bridgehead atoms. The standard InChI is InChI=1S/C21H21BrN2O/c1-14(25)16-5-3-15(4-6-16)12-24-20-8-7-17(22)11-18(20)19-13-23(2)10-9-21(19)24/h3-8,11H,9-10,12-13H2,1-2H3. The van der Waals surface area contributed by atoms with Gasteiger partial charge in [-0.05, 0) is 43.3 Å². The van der Waals surface area contributed by atoms with Crippen molar-refractivity contribution in [2.24, 2.45) is 0 Å². The van der Waals surface area contributed by atoms with Crippen LogP contribution in [0.3, 0.4) is 0 Å². The molecule has 0 fully saturated rings. The molecule has 3 nitrogen and oxygen atoms in total. The lowest BCUT2D eigenvalue weighted by Gasteiger charge is -2.24. The van der Waals surface area contributed by atoms with Gasteiger partial charge < -0.3 is 9.47 Å². The molecular weight excluding hydrogens is 376 g/mol. The first kappa shape index (κ1) is 16.6. The molecule has 0 spiro atoms. The number of Topliss-reactive ketones (excluding diaryl/α,β-unsaturated/α-hetero) is 1. The second kappa shape index (κ2) is 6.43. The number of nitrogens with zero attached hydrogens (tertiary/aromatic N) is 2. The smallest absolute Gasteiger partial charge is 0.159 e. The lowest BCUT2D eigenvalue weighted by Crippen LogP contribution is -2.27. The molecule has 1 aromatic heterocycles. The highest BCUT2D eigenvalue weighted by molar-refractivity contribution is 9.10. The van der Waals surface area contributed by atoms with Crippen LogP contribution in [-0.4, -0.2) is 28.8 Å². The van der Waals surface area contributed by atoms with Crippen LogP contribution in [-0.2, 0) is 19.5 Å². The summed E-state index contributed by atoms with van der Waals surface area (Å²) in [6.07, 6.45) is 1.07. The van der Waals surface area contributed by atoms with Crippen LogP contribution in [0.2, 0.25) is 0 Å². The Kier molecular flexibility index (Phi) is 4.26. The maximum absolute atomic E-state index is 11.5. The molecule has 4 heteroatoms. The zero-order valence-electron chi connectivity index (χ0n) is 14.6. The monoisotopic (exact) mass is 396 g/mol. The predicted octanol–water partition coefficient (Wildman–Crippen LogP) is 4.64. The fraction of sp³-hybridized carbons (Fsp3) is 0.286. The average Bonchev–Trinajstić information content (AvgIpc) is 2.88. The Bertz CT molecular complexity index is 956. The number of likely N-dealkylation sites (N-methyl/N-ethyl adjacent to an activating group) is 1. The topological polar surface area (TPSA) is 25.2 Å². The molecule has 4 rings (SSSR count). The maximum atomic E-state index is 11.5. The van der Waals surface area contributed by atoms with Crippen molar-refractivity contribution in [3.05, 3.63) is 69.3 Å². The van der Waals surface area contributed by atoms with Crippen molar-refractivity contribution >= 4 is 32.6 Å². The van der Waals surface area contributed by atoms with E-state index in [2.05, 4.69) is 62.8 Å². The molecule has 0 unspecified atom stereocenters. The SMILES string of the molecule is CC(=O)c1ccc(Cn2c3c(c4cc(Br)ccc42)CN(C)CC3)cc1. The van der Waals surface area contributed by atoms with Gasteiger partial charge >= 0.3 is 0 Å². The summed E-state index contributed by atoms with van der Waals surface area (Å²) >= 11 is 3.62. The molecule has 0 radical (unpaired) electrons. The number of hydrogen-bond donors (Lipinski definition) is 0. The first-order valence-corrected chi connectivity index (χ1v) is 9.40. The largest absolute Gasteiger partial charge is 0.340 e. The second-order valence-corrected chi connectivity index (χ2v) is 7.83. The minimum absolute atomic E-state index is 0.114. The van der Waals surface area contributed by atoms with Crippen LogP contribution in [0.4, 0.5) is 0 Å². The minimum Gasteiger partial charge on any atom is -0.340 e. The lowest BCUT2D eigenvalue weighted by molar-refractivity contribution is 0.101. The first-order chi connectivity index (χ1) is 12.0. The molecule has 0 aliphatic carbocycles. The fourth-order valence-corrected chi connectivity index (χ4v) is 4.13. The number of rotatable bonds is 3. The highest BCUT2D eigenvalue weighted by atomic mass is 79.9. The second-order valence-electron chi connectivity index (χ2n) is 6.91. The van der Waals surface area contributed by atoms with Gasteiger partial charge in [0.05, 0.1) is 0 Å². The van der Waals surface area contributed by atoms with Crippen molar-refractivity contribution < 1.29 is 4.79 Å². The van der Waals surface area contributed by atoms with Gasteiger partial charge in [-0.2, -0.15) is 0 Å². The van der Waals surface area contributed by atoms with Crippen molar-refractivity contribution in [1.82, 2.24) is 9.47 Å². The number of carbonyl (C=O) groups is 1. The van der Waals surface area contributed by atoms with Gasteiger partial charge in [-0.25, -0.2) is 0 Å². The Balaban J connectivity index is 1.80. The molecule has 0 amide bonds. The summed E-state index contributed by atoms with van der Waals surface area (Å²) in [5.41, 5.74) is 6.19. The van der Waals surface area contributed by atoms with Crippen LogP contribution < -0.4 is 0 Å². The molecule has 0 N–H and O–H groups in total. The van der Waals surface area contributed by atoms with Crippen LogP contribution in [0.15, 0.2) is 46.9 Å². The number of benzene rings is 2. The third kappa shape index (κ3) is 3.05. The van der Waals surface area contributed by atoms with Gasteiger partial charge in [0.25, 0.3) is 0 Å². The number of ketones is 1. The Labute approximate surface area is 156 Å². The van der Waals surface area contributed by atoms with Crippen molar-refractivity contribution in [2.75, 3.05) is 13.6 Å². The molecule has 1 aliphatic heterocycles. The average molecular weight is 397 g/mol. The van der Waals surface area contributed by atoms with E-state index >= 15 is 0 Å². The number of halogens is 1. The summed E-state index contributed by atoms with van der Waals surface area (Å²) in [5.74, 6) is 0.114. The summed E-state index contributed by atoms with van der Waals surface area (Å²) in [5, 5.41) is 1.34. The summed E-state index contributed by atoms with van der Waals surface area (Å²) in [7, 11) is 2.19. The number of aromatic nitrogens is 1. The van der Waals surface area contributed by atoms with Gasteiger partial charge in [0.15, 0.2) is 5.78 Å². The van der Waals surface area contributed by atoms with Crippen LogP contribution in [0.5, 0.6) is 0 Å². The van der Waals surface area contributed by atoms with Gasteiger partial charge in [-0.1, -0.05) is 40.2 Å². The number of hydrogen-bond acceptors (Lipinski definition) is 2. The van der Waals surface area contributed by atoms with Crippen molar-refractivity contribution in [3.8, 4) is 0 Å². The zero-order chi connectivity index (χ0) is 17.6. The number of carbonyl (C=O) groups excluding carboxylic acids is 1. The Morgan fingerprint density at radius 3 is 2.64 bits per heavy atom.